The fourth-order valence-corrected chi connectivity index (χ4v) is 2.96. The number of alkyl halides is 3. The molecule has 0 saturated heterocycles. The highest BCUT2D eigenvalue weighted by atomic mass is 19.4. The average molecular weight is 423 g/mol. The molecule has 0 aliphatic carbocycles. The normalized spacial score (nSPS) is 14.1. The molecule has 0 unspecified atom stereocenters. The van der Waals surface area contributed by atoms with E-state index in [1.807, 2.05) is 30.3 Å². The number of hydrogen-bond acceptors (Lipinski definition) is 6. The fraction of sp³-hybridized carbons (Fsp3) is 0.350. The molecule has 1 aromatic carbocycles. The highest BCUT2D eigenvalue weighted by Gasteiger charge is 2.29. The van der Waals surface area contributed by atoms with E-state index in [0.717, 1.165) is 11.1 Å². The van der Waals surface area contributed by atoms with Crippen LogP contribution in [0.3, 0.4) is 0 Å². The largest absolute Gasteiger partial charge is 0.522 e. The Morgan fingerprint density at radius 1 is 1.23 bits per heavy atom. The molecule has 7 nitrogen and oxygen atoms in total. The summed E-state index contributed by atoms with van der Waals surface area (Å²) in [5.41, 5.74) is 2.64. The van der Waals surface area contributed by atoms with Gasteiger partial charge in [0.05, 0.1) is 43.5 Å². The zero-order chi connectivity index (χ0) is 21.6. The van der Waals surface area contributed by atoms with E-state index in [1.54, 1.807) is 6.07 Å². The first-order valence-electron chi connectivity index (χ1n) is 9.17. The molecule has 0 spiro atoms. The number of aromatic nitrogens is 1. The maximum atomic E-state index is 12.4. The van der Waals surface area contributed by atoms with E-state index in [2.05, 4.69) is 20.0 Å². The summed E-state index contributed by atoms with van der Waals surface area (Å²) in [6.07, 6.45) is -3.22. The number of benzene rings is 1. The monoisotopic (exact) mass is 423 g/mol. The van der Waals surface area contributed by atoms with E-state index in [0.29, 0.717) is 11.3 Å². The van der Waals surface area contributed by atoms with Crippen LogP contribution in [0, 0.1) is 0 Å². The number of aliphatic hydroxyl groups excluding tert-OH is 1. The van der Waals surface area contributed by atoms with Crippen molar-refractivity contribution in [2.45, 2.75) is 25.4 Å². The first kappa shape index (κ1) is 21.7. The van der Waals surface area contributed by atoms with Crippen LogP contribution in [0.5, 0.6) is 0 Å². The molecule has 1 aliphatic heterocycles. The Labute approximate surface area is 170 Å². The average Bonchev–Trinajstić information content (AvgIpc) is 3.11. The minimum atomic E-state index is -4.70. The first-order chi connectivity index (χ1) is 14.4. The summed E-state index contributed by atoms with van der Waals surface area (Å²) in [5.74, 6) is -0.103. The minimum Gasteiger partial charge on any atom is -0.475 e. The Kier molecular flexibility index (Phi) is 7.01. The van der Waals surface area contributed by atoms with E-state index < -0.39 is 19.0 Å². The van der Waals surface area contributed by atoms with Crippen LogP contribution >= 0.6 is 0 Å². The van der Waals surface area contributed by atoms with Crippen molar-refractivity contribution in [3.05, 3.63) is 65.0 Å². The topological polar surface area (TPSA) is 93.0 Å². The number of nitrogens with one attached hydrogen (secondary N) is 1. The lowest BCUT2D eigenvalue weighted by atomic mass is 10.1. The standard InChI is InChI=1S/C20H20F3N3O4/c21-20(22,23)30-7-6-29-19-16-11-24-15(8-14(16)10-25-19)9-18(28)26-17(12-27)13-4-2-1-3-5-13/h1-5,8,11,17,27H,6-7,9-10,12H2,(H,26,28)/t17-/m1/s1. The van der Waals surface area contributed by atoms with Gasteiger partial charge < -0.3 is 15.2 Å². The molecule has 1 amide bonds. The van der Waals surface area contributed by atoms with Crippen LogP contribution in [-0.2, 0) is 27.2 Å². The summed E-state index contributed by atoms with van der Waals surface area (Å²) in [7, 11) is 0. The molecule has 2 aromatic rings. The van der Waals surface area contributed by atoms with Gasteiger partial charge >= 0.3 is 6.36 Å². The molecule has 30 heavy (non-hydrogen) atoms. The molecule has 1 atom stereocenters. The number of aliphatic imine (C=N–C) groups is 1. The van der Waals surface area contributed by atoms with Gasteiger partial charge in [0.15, 0.2) is 0 Å². The lowest BCUT2D eigenvalue weighted by Crippen LogP contribution is -2.32. The number of hydrogen-bond donors (Lipinski definition) is 2. The van der Waals surface area contributed by atoms with E-state index in [-0.39, 0.29) is 38.0 Å². The summed E-state index contributed by atoms with van der Waals surface area (Å²) in [4.78, 5) is 20.7. The predicted octanol–water partition coefficient (Wildman–Crippen LogP) is 2.29. The Balaban J connectivity index is 1.54. The number of carbonyl (C=O) groups excluding carboxylic acids is 1. The van der Waals surface area contributed by atoms with Crippen LogP contribution in [0.15, 0.2) is 47.6 Å². The number of nitrogens with zero attached hydrogens (tertiary/aromatic N) is 2. The fourth-order valence-electron chi connectivity index (χ4n) is 2.96. The number of amides is 1. The lowest BCUT2D eigenvalue weighted by Gasteiger charge is -2.16. The van der Waals surface area contributed by atoms with Gasteiger partial charge in [0.1, 0.15) is 6.61 Å². The maximum absolute atomic E-state index is 12.4. The van der Waals surface area contributed by atoms with Crippen LogP contribution in [0.2, 0.25) is 0 Å². The maximum Gasteiger partial charge on any atom is 0.522 e. The Bertz CT molecular complexity index is 904. The zero-order valence-electron chi connectivity index (χ0n) is 15.9. The van der Waals surface area contributed by atoms with Gasteiger partial charge in [-0.1, -0.05) is 30.3 Å². The number of aliphatic hydroxyl groups is 1. The lowest BCUT2D eigenvalue weighted by molar-refractivity contribution is -0.325. The van der Waals surface area contributed by atoms with Crippen LogP contribution in [0.25, 0.3) is 0 Å². The third-order valence-corrected chi connectivity index (χ3v) is 4.32. The van der Waals surface area contributed by atoms with Crippen molar-refractivity contribution in [1.29, 1.82) is 0 Å². The molecule has 0 fully saturated rings. The molecule has 0 bridgehead atoms. The number of fused-ring (bicyclic) bond motifs is 1. The number of pyridine rings is 1. The van der Waals surface area contributed by atoms with Gasteiger partial charge in [0.25, 0.3) is 0 Å². The summed E-state index contributed by atoms with van der Waals surface area (Å²) >= 11 is 0. The summed E-state index contributed by atoms with van der Waals surface area (Å²) in [6.45, 7) is -0.897. The van der Waals surface area contributed by atoms with Crippen molar-refractivity contribution in [1.82, 2.24) is 10.3 Å². The molecule has 3 rings (SSSR count). The van der Waals surface area contributed by atoms with Gasteiger partial charge in [-0.15, -0.1) is 13.2 Å². The van der Waals surface area contributed by atoms with Crippen LogP contribution < -0.4 is 5.32 Å². The minimum absolute atomic E-state index is 0.00618. The Morgan fingerprint density at radius 3 is 2.70 bits per heavy atom. The third kappa shape index (κ3) is 6.01. The van der Waals surface area contributed by atoms with Crippen molar-refractivity contribution >= 4 is 11.8 Å². The van der Waals surface area contributed by atoms with Gasteiger partial charge in [-0.25, -0.2) is 4.99 Å². The van der Waals surface area contributed by atoms with Crippen molar-refractivity contribution in [3.8, 4) is 0 Å². The van der Waals surface area contributed by atoms with Crippen molar-refractivity contribution in [2.75, 3.05) is 19.8 Å². The first-order valence-corrected chi connectivity index (χ1v) is 9.17. The van der Waals surface area contributed by atoms with E-state index in [4.69, 9.17) is 4.74 Å². The van der Waals surface area contributed by atoms with Crippen LogP contribution in [0.1, 0.15) is 28.4 Å². The highest BCUT2D eigenvalue weighted by Crippen LogP contribution is 2.21. The van der Waals surface area contributed by atoms with Crippen molar-refractivity contribution in [3.63, 3.8) is 0 Å². The SMILES string of the molecule is O=C(Cc1cc2c(cn1)C(OCCOC(F)(F)F)=NC2)N[C@H](CO)c1ccccc1. The summed E-state index contributed by atoms with van der Waals surface area (Å²) < 4.78 is 44.8. The molecule has 0 radical (unpaired) electrons. The van der Waals surface area contributed by atoms with Crippen LogP contribution in [0.4, 0.5) is 13.2 Å². The van der Waals surface area contributed by atoms with Gasteiger partial charge in [-0.2, -0.15) is 0 Å². The zero-order valence-corrected chi connectivity index (χ0v) is 15.9. The molecule has 10 heteroatoms. The van der Waals surface area contributed by atoms with Gasteiger partial charge in [0, 0.05) is 6.20 Å². The molecule has 160 valence electrons. The Hall–Kier alpha value is -2.98. The second kappa shape index (κ2) is 9.68. The smallest absolute Gasteiger partial charge is 0.475 e. The van der Waals surface area contributed by atoms with Gasteiger partial charge in [-0.3, -0.25) is 14.5 Å². The number of rotatable bonds is 8. The molecular weight excluding hydrogens is 403 g/mol. The van der Waals surface area contributed by atoms with Crippen LogP contribution in [-0.4, -0.2) is 48.1 Å². The highest BCUT2D eigenvalue weighted by molar-refractivity contribution is 5.97. The number of carbonyl (C=O) groups is 1. The van der Waals surface area contributed by atoms with E-state index in [1.165, 1.54) is 6.20 Å². The molecule has 1 aromatic heterocycles. The number of ether oxygens (including phenoxy) is 2. The summed E-state index contributed by atoms with van der Waals surface area (Å²) in [5, 5.41) is 12.3. The van der Waals surface area contributed by atoms with E-state index >= 15 is 0 Å². The molecule has 2 heterocycles. The molecule has 1 aliphatic rings. The molecule has 2 N–H and O–H groups in total. The third-order valence-electron chi connectivity index (χ3n) is 4.32. The van der Waals surface area contributed by atoms with E-state index in [9.17, 15) is 23.1 Å². The Morgan fingerprint density at radius 2 is 2.00 bits per heavy atom. The number of halogens is 3. The second-order valence-electron chi connectivity index (χ2n) is 6.49. The molecular formula is C20H20F3N3O4. The van der Waals surface area contributed by atoms with Gasteiger partial charge in [0.2, 0.25) is 11.8 Å². The van der Waals surface area contributed by atoms with Gasteiger partial charge in [-0.05, 0) is 17.2 Å². The predicted molar refractivity (Wildman–Crippen MR) is 101 cm³/mol. The molecule has 0 saturated carbocycles. The van der Waals surface area contributed by atoms with Crippen molar-refractivity contribution in [2.24, 2.45) is 4.99 Å². The van der Waals surface area contributed by atoms with Crippen molar-refractivity contribution < 1.29 is 32.5 Å². The quantitative estimate of drug-likeness (QED) is 0.636. The second-order valence-corrected chi connectivity index (χ2v) is 6.49. The summed E-state index contributed by atoms with van der Waals surface area (Å²) in [6, 6.07) is 10.3.